The highest BCUT2D eigenvalue weighted by atomic mass is 32.2. The number of hydrogen-bond donors (Lipinski definition) is 1. The van der Waals surface area contributed by atoms with Gasteiger partial charge in [-0.3, -0.25) is 14.3 Å². The summed E-state index contributed by atoms with van der Waals surface area (Å²) in [5, 5.41) is 12.3. The van der Waals surface area contributed by atoms with Crippen LogP contribution in [0.5, 0.6) is 0 Å². The zero-order valence-corrected chi connectivity index (χ0v) is 17.9. The van der Waals surface area contributed by atoms with Gasteiger partial charge in [-0.2, -0.15) is 0 Å². The number of amides is 1. The zero-order valence-electron chi connectivity index (χ0n) is 17.1. The quantitative estimate of drug-likeness (QED) is 0.715. The maximum atomic E-state index is 12.4. The summed E-state index contributed by atoms with van der Waals surface area (Å²) in [6, 6.07) is 8.11. The van der Waals surface area contributed by atoms with E-state index in [1.165, 1.54) is 11.8 Å². The fraction of sp³-hybridized carbons (Fsp3) is 0.550. The predicted molar refractivity (Wildman–Crippen MR) is 111 cm³/mol. The van der Waals surface area contributed by atoms with Crippen LogP contribution in [0.3, 0.4) is 0 Å². The van der Waals surface area contributed by atoms with Crippen molar-refractivity contribution in [1.29, 1.82) is 0 Å². The lowest BCUT2D eigenvalue weighted by Crippen LogP contribution is -2.55. The first-order chi connectivity index (χ1) is 13.4. The minimum atomic E-state index is -0.0954. The topological polar surface area (TPSA) is 72.3 Å². The molecule has 0 bridgehead atoms. The van der Waals surface area contributed by atoms with E-state index in [1.807, 2.05) is 29.7 Å². The van der Waals surface area contributed by atoms with Crippen LogP contribution in [0.15, 0.2) is 29.4 Å². The van der Waals surface area contributed by atoms with Gasteiger partial charge in [0, 0.05) is 25.2 Å². The number of aromatic nitrogens is 3. The molecule has 0 spiro atoms. The average molecular weight is 404 g/mol. The normalized spacial score (nSPS) is 15.6. The van der Waals surface area contributed by atoms with Crippen LogP contribution in [0.1, 0.15) is 25.2 Å². The van der Waals surface area contributed by atoms with Crippen molar-refractivity contribution in [3.05, 3.63) is 35.7 Å². The van der Waals surface area contributed by atoms with E-state index >= 15 is 0 Å². The number of para-hydroxylation sites is 1. The standard InChI is InChI=1S/C20H29N5O2S/c1-15-7-5-6-8-17(15)25-16(2)22-23-19(25)28-13-18(26)21-14-20(3,4)24-9-11-27-12-10-24/h5-8H,9-14H2,1-4H3,(H,21,26). The zero-order chi connectivity index (χ0) is 20.1. The van der Waals surface area contributed by atoms with Crippen molar-refractivity contribution in [3.63, 3.8) is 0 Å². The maximum absolute atomic E-state index is 12.4. The van der Waals surface area contributed by atoms with Gasteiger partial charge in [0.1, 0.15) is 5.82 Å². The highest BCUT2D eigenvalue weighted by Crippen LogP contribution is 2.24. The number of hydrogen-bond acceptors (Lipinski definition) is 6. The van der Waals surface area contributed by atoms with Gasteiger partial charge in [0.15, 0.2) is 5.16 Å². The number of carbonyl (C=O) groups is 1. The number of thioether (sulfide) groups is 1. The van der Waals surface area contributed by atoms with Gasteiger partial charge in [0.05, 0.1) is 24.7 Å². The number of ether oxygens (including phenoxy) is 1. The molecular formula is C20H29N5O2S. The Kier molecular flexibility index (Phi) is 6.74. The molecule has 7 nitrogen and oxygen atoms in total. The number of aryl methyl sites for hydroxylation is 2. The van der Waals surface area contributed by atoms with Crippen molar-refractivity contribution in [1.82, 2.24) is 25.0 Å². The second-order valence-electron chi connectivity index (χ2n) is 7.63. The Bertz CT molecular complexity index is 815. The van der Waals surface area contributed by atoms with Gasteiger partial charge in [0.25, 0.3) is 0 Å². The summed E-state index contributed by atoms with van der Waals surface area (Å²) in [6.45, 7) is 12.2. The number of carbonyl (C=O) groups excluding carboxylic acids is 1. The summed E-state index contributed by atoms with van der Waals surface area (Å²) in [6.07, 6.45) is 0. The van der Waals surface area contributed by atoms with E-state index in [2.05, 4.69) is 47.3 Å². The molecule has 152 valence electrons. The highest BCUT2D eigenvalue weighted by molar-refractivity contribution is 7.99. The van der Waals surface area contributed by atoms with Crippen LogP contribution in [0, 0.1) is 13.8 Å². The molecule has 2 aromatic rings. The first kappa shape index (κ1) is 20.8. The van der Waals surface area contributed by atoms with Crippen molar-refractivity contribution < 1.29 is 9.53 Å². The molecule has 0 atom stereocenters. The Morgan fingerprint density at radius 2 is 1.93 bits per heavy atom. The van der Waals surface area contributed by atoms with E-state index in [-0.39, 0.29) is 11.4 Å². The van der Waals surface area contributed by atoms with Gasteiger partial charge in [-0.25, -0.2) is 0 Å². The third kappa shape index (κ3) is 4.92. The Morgan fingerprint density at radius 1 is 1.21 bits per heavy atom. The van der Waals surface area contributed by atoms with Gasteiger partial charge in [0.2, 0.25) is 5.91 Å². The van der Waals surface area contributed by atoms with Crippen molar-refractivity contribution in [2.75, 3.05) is 38.6 Å². The molecule has 1 N–H and O–H groups in total. The molecular weight excluding hydrogens is 374 g/mol. The molecule has 0 unspecified atom stereocenters. The molecule has 8 heteroatoms. The van der Waals surface area contributed by atoms with Gasteiger partial charge >= 0.3 is 0 Å². The minimum absolute atomic E-state index is 0.00308. The van der Waals surface area contributed by atoms with Crippen LogP contribution in [-0.2, 0) is 9.53 Å². The second kappa shape index (κ2) is 9.07. The molecule has 1 fully saturated rings. The number of benzene rings is 1. The molecule has 1 aromatic carbocycles. The molecule has 2 heterocycles. The summed E-state index contributed by atoms with van der Waals surface area (Å²) in [4.78, 5) is 14.8. The largest absolute Gasteiger partial charge is 0.379 e. The van der Waals surface area contributed by atoms with E-state index in [0.29, 0.717) is 12.3 Å². The van der Waals surface area contributed by atoms with Gasteiger partial charge in [-0.05, 0) is 39.3 Å². The Labute approximate surface area is 170 Å². The Hall–Kier alpha value is -1.90. The maximum Gasteiger partial charge on any atom is 0.230 e. The van der Waals surface area contributed by atoms with Gasteiger partial charge < -0.3 is 10.1 Å². The smallest absolute Gasteiger partial charge is 0.230 e. The van der Waals surface area contributed by atoms with E-state index in [9.17, 15) is 4.79 Å². The molecule has 0 aliphatic carbocycles. The third-order valence-corrected chi connectivity index (χ3v) is 6.00. The summed E-state index contributed by atoms with van der Waals surface area (Å²) in [5.74, 6) is 1.12. The fourth-order valence-electron chi connectivity index (χ4n) is 3.30. The summed E-state index contributed by atoms with van der Waals surface area (Å²) >= 11 is 1.41. The van der Waals surface area contributed by atoms with Crippen LogP contribution in [0.2, 0.25) is 0 Å². The van der Waals surface area contributed by atoms with E-state index in [1.54, 1.807) is 0 Å². The highest BCUT2D eigenvalue weighted by Gasteiger charge is 2.28. The molecule has 1 aromatic heterocycles. The SMILES string of the molecule is Cc1ccccc1-n1c(C)nnc1SCC(=O)NCC(C)(C)N1CCOCC1. The molecule has 1 aliphatic heterocycles. The molecule has 1 amide bonds. The summed E-state index contributed by atoms with van der Waals surface area (Å²) in [7, 11) is 0. The van der Waals surface area contributed by atoms with Crippen molar-refractivity contribution in [2.24, 2.45) is 0 Å². The van der Waals surface area contributed by atoms with Crippen LogP contribution in [0.25, 0.3) is 5.69 Å². The predicted octanol–water partition coefficient (Wildman–Crippen LogP) is 2.20. The second-order valence-corrected chi connectivity index (χ2v) is 8.57. The first-order valence-electron chi connectivity index (χ1n) is 9.59. The molecule has 1 saturated heterocycles. The lowest BCUT2D eigenvalue weighted by atomic mass is 10.0. The van der Waals surface area contributed by atoms with E-state index in [0.717, 1.165) is 48.5 Å². The molecule has 0 saturated carbocycles. The van der Waals surface area contributed by atoms with Crippen LogP contribution < -0.4 is 5.32 Å². The molecule has 1 aliphatic rings. The third-order valence-electron chi connectivity index (χ3n) is 5.07. The number of rotatable bonds is 7. The monoisotopic (exact) mass is 403 g/mol. The number of morpholine rings is 1. The fourth-order valence-corrected chi connectivity index (χ4v) is 4.12. The lowest BCUT2D eigenvalue weighted by molar-refractivity contribution is -0.119. The lowest BCUT2D eigenvalue weighted by Gasteiger charge is -2.40. The summed E-state index contributed by atoms with van der Waals surface area (Å²) in [5.41, 5.74) is 2.09. The van der Waals surface area contributed by atoms with Crippen LogP contribution in [0.4, 0.5) is 0 Å². The summed E-state index contributed by atoms with van der Waals surface area (Å²) < 4.78 is 7.42. The van der Waals surface area contributed by atoms with Gasteiger partial charge in [-0.1, -0.05) is 30.0 Å². The van der Waals surface area contributed by atoms with Crippen molar-refractivity contribution in [3.8, 4) is 5.69 Å². The van der Waals surface area contributed by atoms with Crippen LogP contribution >= 0.6 is 11.8 Å². The van der Waals surface area contributed by atoms with E-state index in [4.69, 9.17) is 4.74 Å². The first-order valence-corrected chi connectivity index (χ1v) is 10.6. The number of nitrogens with one attached hydrogen (secondary N) is 1. The Morgan fingerprint density at radius 3 is 2.64 bits per heavy atom. The van der Waals surface area contributed by atoms with Gasteiger partial charge in [-0.15, -0.1) is 10.2 Å². The number of nitrogens with zero attached hydrogens (tertiary/aromatic N) is 4. The van der Waals surface area contributed by atoms with Crippen LogP contribution in [-0.4, -0.2) is 69.7 Å². The molecule has 0 radical (unpaired) electrons. The van der Waals surface area contributed by atoms with E-state index < -0.39 is 0 Å². The Balaban J connectivity index is 1.58. The van der Waals surface area contributed by atoms with Crippen molar-refractivity contribution in [2.45, 2.75) is 38.4 Å². The average Bonchev–Trinajstić information content (AvgIpc) is 3.06. The molecule has 28 heavy (non-hydrogen) atoms. The minimum Gasteiger partial charge on any atom is -0.379 e. The molecule has 3 rings (SSSR count). The van der Waals surface area contributed by atoms with Crippen molar-refractivity contribution >= 4 is 17.7 Å².